The molecule has 1 rings (SSSR count). The molecule has 0 aliphatic rings. The summed E-state index contributed by atoms with van der Waals surface area (Å²) in [6.07, 6.45) is 2.01. The van der Waals surface area contributed by atoms with Crippen molar-refractivity contribution in [3.63, 3.8) is 0 Å². The van der Waals surface area contributed by atoms with E-state index >= 15 is 0 Å². The van der Waals surface area contributed by atoms with Gasteiger partial charge >= 0.3 is 0 Å². The van der Waals surface area contributed by atoms with E-state index in [9.17, 15) is 4.79 Å². The van der Waals surface area contributed by atoms with Gasteiger partial charge in [0.05, 0.1) is 18.8 Å². The average molecular weight is 226 g/mol. The van der Waals surface area contributed by atoms with Gasteiger partial charge in [-0.2, -0.15) is 0 Å². The molecule has 0 fully saturated rings. The standard InChI is InChI=1S/C11H18N2O3/c1-5-11(14)13(8(2)7-15-4)10-6-12-16-9(10)3/h6,8H,5,7H2,1-4H3. The van der Waals surface area contributed by atoms with Crippen molar-refractivity contribution in [2.75, 3.05) is 18.6 Å². The van der Waals surface area contributed by atoms with Crippen LogP contribution in [0.2, 0.25) is 0 Å². The molecule has 0 radical (unpaired) electrons. The normalized spacial score (nSPS) is 12.5. The number of amides is 1. The summed E-state index contributed by atoms with van der Waals surface area (Å²) in [4.78, 5) is 13.6. The Morgan fingerprint density at radius 2 is 2.38 bits per heavy atom. The summed E-state index contributed by atoms with van der Waals surface area (Å²) >= 11 is 0. The molecule has 1 atom stereocenters. The largest absolute Gasteiger partial charge is 0.383 e. The van der Waals surface area contributed by atoms with Crippen LogP contribution in [0.3, 0.4) is 0 Å². The summed E-state index contributed by atoms with van der Waals surface area (Å²) in [5, 5.41) is 3.69. The molecule has 0 N–H and O–H groups in total. The summed E-state index contributed by atoms with van der Waals surface area (Å²) in [5.41, 5.74) is 0.719. The lowest BCUT2D eigenvalue weighted by atomic mass is 10.2. The van der Waals surface area contributed by atoms with Gasteiger partial charge in [0, 0.05) is 13.5 Å². The Morgan fingerprint density at radius 1 is 1.69 bits per heavy atom. The molecule has 1 heterocycles. The summed E-state index contributed by atoms with van der Waals surface area (Å²) < 4.78 is 10.1. The maximum Gasteiger partial charge on any atom is 0.227 e. The van der Waals surface area contributed by atoms with Crippen molar-refractivity contribution in [1.29, 1.82) is 0 Å². The van der Waals surface area contributed by atoms with Gasteiger partial charge in [0.2, 0.25) is 5.91 Å². The van der Waals surface area contributed by atoms with Gasteiger partial charge in [0.1, 0.15) is 5.69 Å². The number of ether oxygens (including phenoxy) is 1. The Kier molecular flexibility index (Phi) is 4.49. The zero-order chi connectivity index (χ0) is 12.1. The highest BCUT2D eigenvalue weighted by Crippen LogP contribution is 2.22. The van der Waals surface area contributed by atoms with E-state index in [1.165, 1.54) is 0 Å². The Morgan fingerprint density at radius 3 is 2.81 bits per heavy atom. The van der Waals surface area contributed by atoms with Gasteiger partial charge in [-0.3, -0.25) is 4.79 Å². The minimum absolute atomic E-state index is 0.0319. The molecular weight excluding hydrogens is 208 g/mol. The number of aryl methyl sites for hydroxylation is 1. The number of hydrogen-bond acceptors (Lipinski definition) is 4. The Labute approximate surface area is 95.4 Å². The molecule has 1 unspecified atom stereocenters. The Balaban J connectivity index is 2.96. The molecule has 0 saturated carbocycles. The van der Waals surface area contributed by atoms with Crippen LogP contribution in [0.15, 0.2) is 10.7 Å². The fourth-order valence-electron chi connectivity index (χ4n) is 1.63. The van der Waals surface area contributed by atoms with Crippen LogP contribution in [0.25, 0.3) is 0 Å². The maximum absolute atomic E-state index is 11.9. The smallest absolute Gasteiger partial charge is 0.227 e. The lowest BCUT2D eigenvalue weighted by Gasteiger charge is -2.27. The van der Waals surface area contributed by atoms with Crippen molar-refractivity contribution < 1.29 is 14.1 Å². The summed E-state index contributed by atoms with van der Waals surface area (Å²) in [6, 6.07) is -0.0319. The molecule has 1 aromatic heterocycles. The fraction of sp³-hybridized carbons (Fsp3) is 0.636. The van der Waals surface area contributed by atoms with Crippen LogP contribution in [-0.4, -0.2) is 30.8 Å². The second-order valence-electron chi connectivity index (χ2n) is 3.69. The molecule has 0 aliphatic carbocycles. The average Bonchev–Trinajstić information content (AvgIpc) is 2.65. The Bertz CT molecular complexity index is 349. The maximum atomic E-state index is 11.9. The van der Waals surface area contributed by atoms with Crippen molar-refractivity contribution in [1.82, 2.24) is 5.16 Å². The van der Waals surface area contributed by atoms with E-state index in [4.69, 9.17) is 9.26 Å². The highest BCUT2D eigenvalue weighted by Gasteiger charge is 2.24. The van der Waals surface area contributed by atoms with Gasteiger partial charge in [-0.25, -0.2) is 0 Å². The number of anilines is 1. The van der Waals surface area contributed by atoms with E-state index in [0.717, 1.165) is 5.69 Å². The highest BCUT2D eigenvalue weighted by molar-refractivity contribution is 5.93. The first-order valence-corrected chi connectivity index (χ1v) is 5.34. The van der Waals surface area contributed by atoms with Gasteiger partial charge in [-0.15, -0.1) is 0 Å². The number of nitrogens with zero attached hydrogens (tertiary/aromatic N) is 2. The molecule has 5 nitrogen and oxygen atoms in total. The molecule has 1 aromatic rings. The van der Waals surface area contributed by atoms with Crippen molar-refractivity contribution in [2.45, 2.75) is 33.2 Å². The molecule has 16 heavy (non-hydrogen) atoms. The van der Waals surface area contributed by atoms with E-state index in [0.29, 0.717) is 18.8 Å². The quantitative estimate of drug-likeness (QED) is 0.767. The first kappa shape index (κ1) is 12.7. The van der Waals surface area contributed by atoms with E-state index in [1.54, 1.807) is 25.1 Å². The lowest BCUT2D eigenvalue weighted by molar-refractivity contribution is -0.119. The van der Waals surface area contributed by atoms with E-state index in [1.807, 2.05) is 13.8 Å². The van der Waals surface area contributed by atoms with Crippen molar-refractivity contribution in [3.8, 4) is 0 Å². The highest BCUT2D eigenvalue weighted by atomic mass is 16.5. The first-order chi connectivity index (χ1) is 7.61. The van der Waals surface area contributed by atoms with Gasteiger partial charge in [-0.1, -0.05) is 12.1 Å². The Hall–Kier alpha value is -1.36. The van der Waals surface area contributed by atoms with Crippen LogP contribution in [0.1, 0.15) is 26.0 Å². The second kappa shape index (κ2) is 5.65. The van der Waals surface area contributed by atoms with Crippen LogP contribution >= 0.6 is 0 Å². The molecule has 0 aromatic carbocycles. The summed E-state index contributed by atoms with van der Waals surface area (Å²) in [6.45, 7) is 6.04. The monoisotopic (exact) mass is 226 g/mol. The van der Waals surface area contributed by atoms with Crippen molar-refractivity contribution in [2.24, 2.45) is 0 Å². The number of methoxy groups -OCH3 is 1. The molecule has 0 bridgehead atoms. The topological polar surface area (TPSA) is 55.6 Å². The van der Waals surface area contributed by atoms with Crippen LogP contribution in [0.5, 0.6) is 0 Å². The number of rotatable bonds is 5. The molecular formula is C11H18N2O3. The van der Waals surface area contributed by atoms with Crippen molar-refractivity contribution in [3.05, 3.63) is 12.0 Å². The minimum atomic E-state index is -0.0319. The van der Waals surface area contributed by atoms with Crippen LogP contribution in [0, 0.1) is 6.92 Å². The number of aromatic nitrogens is 1. The minimum Gasteiger partial charge on any atom is -0.383 e. The van der Waals surface area contributed by atoms with E-state index < -0.39 is 0 Å². The van der Waals surface area contributed by atoms with Crippen LogP contribution in [-0.2, 0) is 9.53 Å². The lowest BCUT2D eigenvalue weighted by Crippen LogP contribution is -2.41. The fourth-order valence-corrected chi connectivity index (χ4v) is 1.63. The zero-order valence-electron chi connectivity index (χ0n) is 10.2. The van der Waals surface area contributed by atoms with Gasteiger partial charge in [-0.05, 0) is 13.8 Å². The summed E-state index contributed by atoms with van der Waals surface area (Å²) in [5.74, 6) is 0.681. The van der Waals surface area contributed by atoms with Crippen LogP contribution < -0.4 is 4.90 Å². The SMILES string of the molecule is CCC(=O)N(c1cnoc1C)C(C)COC. The van der Waals surface area contributed by atoms with Crippen LogP contribution in [0.4, 0.5) is 5.69 Å². The summed E-state index contributed by atoms with van der Waals surface area (Å²) in [7, 11) is 1.62. The third-order valence-electron chi connectivity index (χ3n) is 2.40. The molecule has 90 valence electrons. The van der Waals surface area contributed by atoms with Gasteiger partial charge < -0.3 is 14.2 Å². The molecule has 0 aliphatic heterocycles. The zero-order valence-corrected chi connectivity index (χ0v) is 10.2. The first-order valence-electron chi connectivity index (χ1n) is 5.34. The number of carbonyl (C=O) groups excluding carboxylic acids is 1. The molecule has 0 spiro atoms. The number of carbonyl (C=O) groups is 1. The predicted molar refractivity (Wildman–Crippen MR) is 60.4 cm³/mol. The second-order valence-corrected chi connectivity index (χ2v) is 3.69. The number of hydrogen-bond donors (Lipinski definition) is 0. The van der Waals surface area contributed by atoms with Gasteiger partial charge in [0.15, 0.2) is 5.76 Å². The van der Waals surface area contributed by atoms with E-state index in [-0.39, 0.29) is 11.9 Å². The molecule has 1 amide bonds. The van der Waals surface area contributed by atoms with E-state index in [2.05, 4.69) is 5.16 Å². The van der Waals surface area contributed by atoms with Gasteiger partial charge in [0.25, 0.3) is 0 Å². The third kappa shape index (κ3) is 2.61. The molecule has 0 saturated heterocycles. The predicted octanol–water partition coefficient (Wildman–Crippen LogP) is 1.76. The van der Waals surface area contributed by atoms with Crippen molar-refractivity contribution >= 4 is 11.6 Å². The molecule has 5 heteroatoms. The third-order valence-corrected chi connectivity index (χ3v) is 2.40.